The van der Waals surface area contributed by atoms with Crippen LogP contribution in [0.1, 0.15) is 29.8 Å². The standard InChI is InChI=1S/C24H32N4O4S/c1-5-27-12-14-28(15-13-27)23-11-8-21(16-18(23)2)25-24(30)17-26(4)33(31,32)22-9-6-20(7-10-22)19(3)29/h6-11,16H,5,12-15,17H2,1-4H3,(H,25,30). The van der Waals surface area contributed by atoms with Crippen LogP contribution in [0.25, 0.3) is 0 Å². The topological polar surface area (TPSA) is 90.0 Å². The third-order valence-corrected chi connectivity index (χ3v) is 7.79. The van der Waals surface area contributed by atoms with Gasteiger partial charge in [0, 0.05) is 50.2 Å². The lowest BCUT2D eigenvalue weighted by Gasteiger charge is -2.36. The molecule has 1 heterocycles. The normalized spacial score (nSPS) is 15.0. The highest BCUT2D eigenvalue weighted by atomic mass is 32.2. The molecule has 3 rings (SSSR count). The van der Waals surface area contributed by atoms with Crippen molar-refractivity contribution in [2.75, 3.05) is 56.5 Å². The zero-order valence-corrected chi connectivity index (χ0v) is 20.5. The number of hydrogen-bond donors (Lipinski definition) is 1. The molecule has 0 saturated carbocycles. The molecule has 1 aliphatic rings. The predicted octanol–water partition coefficient (Wildman–Crippen LogP) is 2.60. The van der Waals surface area contributed by atoms with Crippen LogP contribution in [0.5, 0.6) is 0 Å². The number of Topliss-reactive ketones (excluding diaryl/α,β-unsaturated/α-hetero) is 1. The minimum atomic E-state index is -3.85. The smallest absolute Gasteiger partial charge is 0.243 e. The third-order valence-electron chi connectivity index (χ3n) is 5.98. The second kappa shape index (κ2) is 10.5. The molecule has 0 unspecified atom stereocenters. The Morgan fingerprint density at radius 3 is 2.21 bits per heavy atom. The second-order valence-corrected chi connectivity index (χ2v) is 10.4. The Morgan fingerprint density at radius 2 is 1.67 bits per heavy atom. The van der Waals surface area contributed by atoms with E-state index in [2.05, 4.69) is 22.0 Å². The van der Waals surface area contributed by atoms with E-state index >= 15 is 0 Å². The summed E-state index contributed by atoms with van der Waals surface area (Å²) in [6.45, 7) is 10.3. The molecule has 0 bridgehead atoms. The number of carbonyl (C=O) groups excluding carboxylic acids is 2. The van der Waals surface area contributed by atoms with Crippen molar-refractivity contribution in [3.05, 3.63) is 53.6 Å². The number of amides is 1. The van der Waals surface area contributed by atoms with Crippen LogP contribution >= 0.6 is 0 Å². The molecule has 1 N–H and O–H groups in total. The number of hydrogen-bond acceptors (Lipinski definition) is 6. The SMILES string of the molecule is CCN1CCN(c2ccc(NC(=O)CN(C)S(=O)(=O)c3ccc(C(C)=O)cc3)cc2C)CC1. The van der Waals surface area contributed by atoms with Gasteiger partial charge in [-0.1, -0.05) is 19.1 Å². The number of likely N-dealkylation sites (N-methyl/N-ethyl adjacent to an activating group) is 2. The van der Waals surface area contributed by atoms with E-state index in [9.17, 15) is 18.0 Å². The van der Waals surface area contributed by atoms with Gasteiger partial charge in [-0.05, 0) is 56.3 Å². The van der Waals surface area contributed by atoms with Crippen LogP contribution in [0.15, 0.2) is 47.4 Å². The molecular weight excluding hydrogens is 440 g/mol. The molecule has 1 amide bonds. The van der Waals surface area contributed by atoms with E-state index in [0.717, 1.165) is 48.3 Å². The zero-order valence-electron chi connectivity index (χ0n) is 19.7. The predicted molar refractivity (Wildman–Crippen MR) is 130 cm³/mol. The monoisotopic (exact) mass is 472 g/mol. The van der Waals surface area contributed by atoms with Crippen LogP contribution in [0.2, 0.25) is 0 Å². The number of sulfonamides is 1. The number of benzene rings is 2. The first kappa shape index (κ1) is 24.9. The van der Waals surface area contributed by atoms with E-state index in [1.54, 1.807) is 0 Å². The average Bonchev–Trinajstić information content (AvgIpc) is 2.79. The summed E-state index contributed by atoms with van der Waals surface area (Å²) in [5.74, 6) is -0.568. The molecule has 2 aromatic carbocycles. The third kappa shape index (κ3) is 5.98. The number of anilines is 2. The van der Waals surface area contributed by atoms with E-state index in [0.29, 0.717) is 11.3 Å². The van der Waals surface area contributed by atoms with Gasteiger partial charge >= 0.3 is 0 Å². The van der Waals surface area contributed by atoms with Crippen molar-refractivity contribution in [3.8, 4) is 0 Å². The van der Waals surface area contributed by atoms with Gasteiger partial charge < -0.3 is 15.1 Å². The van der Waals surface area contributed by atoms with Gasteiger partial charge in [-0.2, -0.15) is 4.31 Å². The molecule has 0 atom stereocenters. The molecule has 0 aliphatic carbocycles. The zero-order chi connectivity index (χ0) is 24.2. The Bertz CT molecular complexity index is 1110. The summed E-state index contributed by atoms with van der Waals surface area (Å²) < 4.78 is 26.5. The van der Waals surface area contributed by atoms with Crippen molar-refractivity contribution >= 4 is 33.1 Å². The first-order chi connectivity index (χ1) is 15.6. The van der Waals surface area contributed by atoms with Crippen molar-refractivity contribution in [3.63, 3.8) is 0 Å². The first-order valence-electron chi connectivity index (χ1n) is 11.1. The largest absolute Gasteiger partial charge is 0.369 e. The summed E-state index contributed by atoms with van der Waals surface area (Å²) in [5, 5.41) is 2.79. The summed E-state index contributed by atoms with van der Waals surface area (Å²) in [6, 6.07) is 11.5. The fourth-order valence-corrected chi connectivity index (χ4v) is 5.05. The summed E-state index contributed by atoms with van der Waals surface area (Å²) >= 11 is 0. The first-order valence-corrected chi connectivity index (χ1v) is 12.5. The number of ketones is 1. The maximum atomic E-state index is 12.8. The van der Waals surface area contributed by atoms with Crippen molar-refractivity contribution in [2.45, 2.75) is 25.7 Å². The molecule has 33 heavy (non-hydrogen) atoms. The van der Waals surface area contributed by atoms with Crippen molar-refractivity contribution in [1.29, 1.82) is 0 Å². The van der Waals surface area contributed by atoms with E-state index in [-0.39, 0.29) is 17.2 Å². The van der Waals surface area contributed by atoms with Crippen LogP contribution in [0.4, 0.5) is 11.4 Å². The lowest BCUT2D eigenvalue weighted by Crippen LogP contribution is -2.46. The number of aryl methyl sites for hydroxylation is 1. The van der Waals surface area contributed by atoms with Gasteiger partial charge in [0.05, 0.1) is 11.4 Å². The van der Waals surface area contributed by atoms with Gasteiger partial charge in [0.2, 0.25) is 15.9 Å². The van der Waals surface area contributed by atoms with Gasteiger partial charge in [-0.3, -0.25) is 9.59 Å². The van der Waals surface area contributed by atoms with Crippen LogP contribution in [-0.4, -0.2) is 75.6 Å². The number of piperazine rings is 1. The van der Waals surface area contributed by atoms with E-state index < -0.39 is 15.9 Å². The van der Waals surface area contributed by atoms with E-state index in [4.69, 9.17) is 0 Å². The Morgan fingerprint density at radius 1 is 1.03 bits per heavy atom. The van der Waals surface area contributed by atoms with Crippen molar-refractivity contribution in [1.82, 2.24) is 9.21 Å². The lowest BCUT2D eigenvalue weighted by atomic mass is 10.1. The Hall–Kier alpha value is -2.75. The molecule has 1 saturated heterocycles. The quantitative estimate of drug-likeness (QED) is 0.594. The molecule has 9 heteroatoms. The summed E-state index contributed by atoms with van der Waals surface area (Å²) in [6.07, 6.45) is 0. The number of nitrogens with zero attached hydrogens (tertiary/aromatic N) is 3. The highest BCUT2D eigenvalue weighted by Gasteiger charge is 2.23. The van der Waals surface area contributed by atoms with Crippen LogP contribution in [0.3, 0.4) is 0 Å². The lowest BCUT2D eigenvalue weighted by molar-refractivity contribution is -0.116. The number of carbonyl (C=O) groups is 2. The Balaban J connectivity index is 1.61. The van der Waals surface area contributed by atoms with Crippen LogP contribution in [0, 0.1) is 6.92 Å². The van der Waals surface area contributed by atoms with E-state index in [1.165, 1.54) is 38.2 Å². The van der Waals surface area contributed by atoms with Crippen LogP contribution < -0.4 is 10.2 Å². The van der Waals surface area contributed by atoms with Gasteiger partial charge in [-0.15, -0.1) is 0 Å². The molecule has 0 spiro atoms. The molecular formula is C24H32N4O4S. The highest BCUT2D eigenvalue weighted by molar-refractivity contribution is 7.89. The Kier molecular flexibility index (Phi) is 7.88. The maximum absolute atomic E-state index is 12.8. The molecule has 178 valence electrons. The molecule has 0 radical (unpaired) electrons. The molecule has 8 nitrogen and oxygen atoms in total. The van der Waals surface area contributed by atoms with Gasteiger partial charge in [0.15, 0.2) is 5.78 Å². The van der Waals surface area contributed by atoms with Gasteiger partial charge in [0.1, 0.15) is 0 Å². The molecule has 1 aliphatic heterocycles. The van der Waals surface area contributed by atoms with Gasteiger partial charge in [0.25, 0.3) is 0 Å². The van der Waals surface area contributed by atoms with E-state index in [1.807, 2.05) is 25.1 Å². The minimum Gasteiger partial charge on any atom is -0.369 e. The molecule has 2 aromatic rings. The fraction of sp³-hybridized carbons (Fsp3) is 0.417. The van der Waals surface area contributed by atoms with Crippen molar-refractivity contribution < 1.29 is 18.0 Å². The summed E-state index contributed by atoms with van der Waals surface area (Å²) in [4.78, 5) is 28.7. The summed E-state index contributed by atoms with van der Waals surface area (Å²) in [5.41, 5.74) is 3.27. The molecule has 0 aromatic heterocycles. The number of nitrogens with one attached hydrogen (secondary N) is 1. The van der Waals surface area contributed by atoms with Crippen molar-refractivity contribution in [2.24, 2.45) is 0 Å². The summed E-state index contributed by atoms with van der Waals surface area (Å²) in [7, 11) is -2.50. The Labute approximate surface area is 196 Å². The number of rotatable bonds is 8. The average molecular weight is 473 g/mol. The second-order valence-electron chi connectivity index (χ2n) is 8.31. The highest BCUT2D eigenvalue weighted by Crippen LogP contribution is 2.25. The van der Waals surface area contributed by atoms with Crippen LogP contribution in [-0.2, 0) is 14.8 Å². The molecule has 1 fully saturated rings. The minimum absolute atomic E-state index is 0.0335. The maximum Gasteiger partial charge on any atom is 0.243 e. The fourth-order valence-electron chi connectivity index (χ4n) is 3.92. The van der Waals surface area contributed by atoms with Gasteiger partial charge in [-0.25, -0.2) is 8.42 Å².